The van der Waals surface area contributed by atoms with Gasteiger partial charge in [0.2, 0.25) is 0 Å². The molecule has 27 heteroatoms. The molecule has 5 aromatic rings. The zero-order chi connectivity index (χ0) is 70.4. The van der Waals surface area contributed by atoms with E-state index < -0.39 is 55.7 Å². The van der Waals surface area contributed by atoms with Crippen molar-refractivity contribution in [1.82, 2.24) is 10.6 Å². The van der Waals surface area contributed by atoms with Gasteiger partial charge in [-0.25, -0.2) is 9.59 Å². The Balaban J connectivity index is -0.000000337. The number of carbonyl (C=O) groups is 2. The van der Waals surface area contributed by atoms with Gasteiger partial charge in [-0.3, -0.25) is 44.8 Å². The van der Waals surface area contributed by atoms with Crippen LogP contribution in [0.25, 0.3) is 0 Å². The molecule has 0 unspecified atom stereocenters. The zero-order valence-electron chi connectivity index (χ0n) is 57.5. The van der Waals surface area contributed by atoms with Crippen LogP contribution in [0.4, 0.5) is 42.4 Å². The van der Waals surface area contributed by atoms with E-state index in [4.69, 9.17) is 42.7 Å². The van der Waals surface area contributed by atoms with Gasteiger partial charge >= 0.3 is 12.2 Å². The van der Waals surface area contributed by atoms with Crippen LogP contribution in [0, 0.1) is 70.5 Å². The number of carbonyl (C=O) groups excluding carboxylic acids is 2. The van der Waals surface area contributed by atoms with Crippen molar-refractivity contribution in [2.75, 3.05) is 52.3 Å². The Kier molecular flexibility index (Phi) is 44.8. The summed E-state index contributed by atoms with van der Waals surface area (Å²) in [6.07, 6.45) is 1.98. The van der Waals surface area contributed by atoms with Gasteiger partial charge in [-0.1, -0.05) is 102 Å². The Morgan fingerprint density at radius 3 is 1.10 bits per heavy atom. The number of aliphatic hydroxyl groups is 1. The number of anilines is 1. The standard InChI is InChI=1S/C15H22N2O4.C15H24N2O2.C10H14N2O2.C10H10N2O2.C8H6N2O2.C4H8O.C2H6O.CH3F.CH3.B.Pd/c1-14(2,3)21-13(18)16-10-15(4,5)11-6-8-12(9-7-11)17(19)20;1-14(2,3)19-13(18)17-10-15(4,5)11-6-8-12(16)9-7-11;2*1-10(2,7-11)8-3-5-9(6-4-8)12(13)14;9-6-5-7-1-3-8(4-2-7)10(11)12;1-2-4-5-3-1;1-2-3;1-2;;;/h6-9H,10H2,1-5H3,(H,16,18);6-9H,10,16H2,1-5H3,(H,17,18);3-6H,7,11H2,1-2H3;3-6H,1-2H3;1-4H,5H2;1-4H2;3H,2H2,1H3;1H3;1H3;;/q;;;;;;;;-1;;/i;;;;;;;1D;;;. The number of halogens is 1. The summed E-state index contributed by atoms with van der Waals surface area (Å²) < 4.78 is 30.8. The number of aliphatic hydroxyl groups excluding tert-OH is 1. The van der Waals surface area contributed by atoms with Crippen LogP contribution in [0.15, 0.2) is 121 Å². The minimum atomic E-state index is -1.00. The second kappa shape index (κ2) is 45.8. The molecule has 0 bridgehead atoms. The molecule has 0 aliphatic carbocycles. The van der Waals surface area contributed by atoms with Gasteiger partial charge in [-0.15, -0.1) is 0 Å². The SMILES string of the molecule is C1CCOC1.CC(C)(C#N)c1ccc([N+](=O)[O-])cc1.CC(C)(C)OC(=O)NCC(C)(C)c1ccc(N)cc1.CC(C)(C)OC(=O)NCC(C)(C)c1ccc([N+](=O)[O-])cc1.CC(C)(CN)c1ccc([N+](=O)[O-])cc1.CCO.N#CCc1ccc([N+](=O)[O-])cc1.[2H]CF.[B].[CH3-].[Pd]. The van der Waals surface area contributed by atoms with Crippen LogP contribution in [0.1, 0.15) is 146 Å². The zero-order valence-corrected chi connectivity index (χ0v) is 58.0. The number of non-ortho nitro benzene ring substituents is 4. The third kappa shape index (κ3) is 40.2. The fraction of sp³-hybridized carbons (Fsp3) is 0.470. The number of rotatable bonds is 14. The number of alkyl carbamates (subject to hydrolysis) is 2. The first-order valence-electron chi connectivity index (χ1n) is 29.1. The van der Waals surface area contributed by atoms with Gasteiger partial charge in [0, 0.05) is 139 Å². The minimum absolute atomic E-state index is 0. The molecule has 5 aromatic carbocycles. The summed E-state index contributed by atoms with van der Waals surface area (Å²) in [6, 6.07) is 36.7. The summed E-state index contributed by atoms with van der Waals surface area (Å²) in [6.45, 7) is 31.9. The molecule has 1 aliphatic rings. The van der Waals surface area contributed by atoms with Gasteiger partial charge in [0.15, 0.2) is 0 Å². The van der Waals surface area contributed by atoms with Crippen LogP contribution in [0.2, 0.25) is 0 Å². The molecule has 515 valence electrons. The first-order chi connectivity index (χ1) is 42.1. The van der Waals surface area contributed by atoms with Crippen LogP contribution in [0.3, 0.4) is 0 Å². The molecule has 3 radical (unpaired) electrons. The van der Waals surface area contributed by atoms with E-state index in [0.717, 1.165) is 46.7 Å². The number of nitrogens with two attached hydrogens (primary N) is 2. The first kappa shape index (κ1) is 91.0. The Bertz CT molecular complexity index is 3070. The Morgan fingerprint density at radius 1 is 0.591 bits per heavy atom. The van der Waals surface area contributed by atoms with E-state index in [1.807, 2.05) is 78.8 Å². The van der Waals surface area contributed by atoms with Gasteiger partial charge < -0.3 is 48.8 Å². The van der Waals surface area contributed by atoms with Crippen molar-refractivity contribution >= 4 is 49.0 Å². The number of nitrogen functional groups attached to an aromatic ring is 1. The first-order valence-corrected chi connectivity index (χ1v) is 28.4. The Labute approximate surface area is 565 Å². The van der Waals surface area contributed by atoms with E-state index in [0.29, 0.717) is 19.6 Å². The summed E-state index contributed by atoms with van der Waals surface area (Å²) in [5, 5.41) is 71.9. The molecular weight excluding hydrogens is 1290 g/mol. The summed E-state index contributed by atoms with van der Waals surface area (Å²) in [5.74, 6) is 0. The summed E-state index contributed by atoms with van der Waals surface area (Å²) in [7, 11) is -1.00. The van der Waals surface area contributed by atoms with Crippen LogP contribution in [-0.4, -0.2) is 103 Å². The maximum absolute atomic E-state index is 11.7. The van der Waals surface area contributed by atoms with Crippen molar-refractivity contribution in [1.29, 1.82) is 10.5 Å². The minimum Gasteiger partial charge on any atom is -0.444 e. The third-order valence-corrected chi connectivity index (χ3v) is 12.4. The predicted molar refractivity (Wildman–Crippen MR) is 360 cm³/mol. The van der Waals surface area contributed by atoms with Crippen molar-refractivity contribution < 1.29 is 74.8 Å². The van der Waals surface area contributed by atoms with Gasteiger partial charge in [-0.2, -0.15) is 10.5 Å². The molecular formula is C66H96BFN10O14Pd-. The second-order valence-electron chi connectivity index (χ2n) is 24.2. The van der Waals surface area contributed by atoms with Gasteiger partial charge in [-0.05, 0) is 115 Å². The van der Waals surface area contributed by atoms with Gasteiger partial charge in [0.05, 0.1) is 52.2 Å². The van der Waals surface area contributed by atoms with Gasteiger partial charge in [0.25, 0.3) is 22.7 Å². The molecule has 1 heterocycles. The van der Waals surface area contributed by atoms with Crippen molar-refractivity contribution in [2.45, 2.75) is 156 Å². The smallest absolute Gasteiger partial charge is 0.407 e. The van der Waals surface area contributed by atoms with E-state index in [9.17, 15) is 54.4 Å². The molecule has 0 saturated carbocycles. The molecule has 6 rings (SSSR count). The molecule has 0 atom stereocenters. The molecule has 24 nitrogen and oxygen atoms in total. The summed E-state index contributed by atoms with van der Waals surface area (Å²) in [5.41, 5.74) is 14.6. The number of nitro groups is 4. The Hall–Kier alpha value is -8.44. The summed E-state index contributed by atoms with van der Waals surface area (Å²) in [4.78, 5) is 63.2. The molecule has 93 heavy (non-hydrogen) atoms. The van der Waals surface area contributed by atoms with E-state index in [1.54, 1.807) is 90.1 Å². The molecule has 1 fully saturated rings. The molecule has 0 aromatic heterocycles. The Morgan fingerprint density at radius 2 is 0.860 bits per heavy atom. The molecule has 2 amide bonds. The fourth-order valence-electron chi connectivity index (χ4n) is 6.94. The molecule has 1 saturated heterocycles. The molecule has 7 N–H and O–H groups in total. The van der Waals surface area contributed by atoms with E-state index in [-0.39, 0.29) is 88.3 Å². The number of benzene rings is 5. The normalized spacial score (nSPS) is 11.3. The molecule has 0 spiro atoms. The third-order valence-electron chi connectivity index (χ3n) is 12.4. The van der Waals surface area contributed by atoms with Crippen LogP contribution in [-0.2, 0) is 62.7 Å². The number of alkyl halides is 1. The summed E-state index contributed by atoms with van der Waals surface area (Å²) >= 11 is 0. The number of hydrogen-bond donors (Lipinski definition) is 5. The largest absolute Gasteiger partial charge is 0.444 e. The number of nitro benzene ring substituents is 4. The van der Waals surface area contributed by atoms with Crippen molar-refractivity contribution in [3.63, 3.8) is 0 Å². The van der Waals surface area contributed by atoms with Crippen LogP contribution < -0.4 is 22.1 Å². The van der Waals surface area contributed by atoms with Gasteiger partial charge in [0.1, 0.15) is 11.2 Å². The average Bonchev–Trinajstić information content (AvgIpc) is 0.897. The monoisotopic (exact) mass is 1390 g/mol. The number of ether oxygens (including phenoxy) is 3. The second-order valence-corrected chi connectivity index (χ2v) is 24.2. The van der Waals surface area contributed by atoms with Crippen molar-refractivity contribution in [2.24, 2.45) is 5.73 Å². The topological polar surface area (TPSA) is 378 Å². The van der Waals surface area contributed by atoms with E-state index in [1.165, 1.54) is 61.4 Å². The number of nitrogens with zero attached hydrogens (tertiary/aromatic N) is 6. The predicted octanol–water partition coefficient (Wildman–Crippen LogP) is 13.8. The van der Waals surface area contributed by atoms with E-state index in [2.05, 4.69) is 30.6 Å². The number of nitrogens with one attached hydrogen (secondary N) is 2. The van der Waals surface area contributed by atoms with Crippen molar-refractivity contribution in [3.05, 3.63) is 197 Å². The van der Waals surface area contributed by atoms with Crippen LogP contribution in [0.5, 0.6) is 0 Å². The molecule has 1 aliphatic heterocycles. The maximum atomic E-state index is 11.7. The van der Waals surface area contributed by atoms with Crippen molar-refractivity contribution in [3.8, 4) is 12.1 Å². The number of hydrogen-bond acceptors (Lipinski definition) is 18. The maximum Gasteiger partial charge on any atom is 0.407 e. The number of amides is 2. The van der Waals surface area contributed by atoms with E-state index >= 15 is 0 Å². The number of nitriles is 2. The average molecular weight is 1390 g/mol. The quantitative estimate of drug-likeness (QED) is 0.0227. The van der Waals surface area contributed by atoms with Crippen LogP contribution >= 0.6 is 0 Å². The fourth-order valence-corrected chi connectivity index (χ4v) is 6.94.